The van der Waals surface area contributed by atoms with E-state index in [2.05, 4.69) is 0 Å². The van der Waals surface area contributed by atoms with E-state index in [9.17, 15) is 4.79 Å². The second-order valence-electron chi connectivity index (χ2n) is 7.17. The second kappa shape index (κ2) is 10.2. The molecule has 3 aromatic carbocycles. The van der Waals surface area contributed by atoms with Crippen LogP contribution >= 0.6 is 11.3 Å². The van der Waals surface area contributed by atoms with Crippen molar-refractivity contribution in [1.29, 1.82) is 0 Å². The minimum Gasteiger partial charge on any atom is -0.493 e. The minimum atomic E-state index is -0.174. The Kier molecular flexibility index (Phi) is 6.90. The molecule has 0 bridgehead atoms. The Morgan fingerprint density at radius 1 is 0.939 bits per heavy atom. The maximum atomic E-state index is 13.3. The van der Waals surface area contributed by atoms with E-state index in [1.807, 2.05) is 54.6 Å². The Labute approximate surface area is 196 Å². The van der Waals surface area contributed by atoms with E-state index in [1.54, 1.807) is 44.4 Å². The molecule has 0 saturated carbocycles. The number of para-hydroxylation sites is 1. The lowest BCUT2D eigenvalue weighted by Gasteiger charge is -2.18. The number of carbonyl (C=O) groups excluding carboxylic acids is 1. The number of ether oxygens (including phenoxy) is 3. The van der Waals surface area contributed by atoms with Gasteiger partial charge in [0.15, 0.2) is 16.6 Å². The number of amides is 1. The van der Waals surface area contributed by atoms with Crippen LogP contribution in [0.2, 0.25) is 0 Å². The van der Waals surface area contributed by atoms with Crippen LogP contribution in [0.1, 0.15) is 11.1 Å². The third-order valence-corrected chi connectivity index (χ3v) is 6.13. The van der Waals surface area contributed by atoms with Crippen LogP contribution in [0.5, 0.6) is 17.2 Å². The monoisotopic (exact) mass is 460 g/mol. The first-order chi connectivity index (χ1) is 16.1. The molecule has 1 heterocycles. The van der Waals surface area contributed by atoms with E-state index in [1.165, 1.54) is 17.4 Å². The van der Waals surface area contributed by atoms with Crippen molar-refractivity contribution < 1.29 is 19.0 Å². The Balaban J connectivity index is 1.67. The average Bonchev–Trinajstić information content (AvgIpc) is 3.29. The van der Waals surface area contributed by atoms with Crippen molar-refractivity contribution >= 4 is 38.7 Å². The van der Waals surface area contributed by atoms with Crippen molar-refractivity contribution in [2.45, 2.75) is 6.54 Å². The van der Waals surface area contributed by atoms with Gasteiger partial charge in [0, 0.05) is 6.08 Å². The Hall–Kier alpha value is -3.84. The summed E-state index contributed by atoms with van der Waals surface area (Å²) in [6, 6.07) is 21.3. The predicted molar refractivity (Wildman–Crippen MR) is 132 cm³/mol. The summed E-state index contributed by atoms with van der Waals surface area (Å²) in [4.78, 5) is 19.7. The number of nitrogens with zero attached hydrogens (tertiary/aromatic N) is 2. The van der Waals surface area contributed by atoms with E-state index in [0.29, 0.717) is 28.9 Å². The molecule has 168 valence electrons. The van der Waals surface area contributed by atoms with Crippen LogP contribution in [0.15, 0.2) is 72.8 Å². The van der Waals surface area contributed by atoms with E-state index < -0.39 is 0 Å². The normalized spacial score (nSPS) is 11.0. The predicted octanol–water partition coefficient (Wildman–Crippen LogP) is 5.57. The molecule has 0 spiro atoms. The van der Waals surface area contributed by atoms with Gasteiger partial charge in [-0.05, 0) is 41.5 Å². The quantitative estimate of drug-likeness (QED) is 0.322. The molecule has 4 rings (SSSR count). The van der Waals surface area contributed by atoms with E-state index >= 15 is 0 Å². The fraction of sp³-hybridized carbons (Fsp3) is 0.154. The van der Waals surface area contributed by atoms with Gasteiger partial charge in [-0.25, -0.2) is 4.98 Å². The largest absolute Gasteiger partial charge is 0.493 e. The Morgan fingerprint density at radius 3 is 2.24 bits per heavy atom. The first-order valence-corrected chi connectivity index (χ1v) is 11.1. The Bertz CT molecular complexity index is 1230. The van der Waals surface area contributed by atoms with Gasteiger partial charge in [0.1, 0.15) is 0 Å². The third-order valence-electron chi connectivity index (χ3n) is 5.07. The van der Waals surface area contributed by atoms with Crippen LogP contribution in [-0.2, 0) is 11.3 Å². The average molecular weight is 461 g/mol. The zero-order valence-electron chi connectivity index (χ0n) is 18.6. The molecule has 0 N–H and O–H groups in total. The molecule has 6 nitrogen and oxygen atoms in total. The molecule has 0 atom stereocenters. The van der Waals surface area contributed by atoms with E-state index in [-0.39, 0.29) is 5.91 Å². The number of hydrogen-bond donors (Lipinski definition) is 0. The van der Waals surface area contributed by atoms with E-state index in [0.717, 1.165) is 21.3 Å². The fourth-order valence-corrected chi connectivity index (χ4v) is 4.41. The highest BCUT2D eigenvalue weighted by Gasteiger charge is 2.19. The number of carbonyl (C=O) groups is 1. The number of hydrogen-bond acceptors (Lipinski definition) is 6. The highest BCUT2D eigenvalue weighted by Crippen LogP contribution is 2.38. The van der Waals surface area contributed by atoms with Gasteiger partial charge in [-0.1, -0.05) is 53.8 Å². The van der Waals surface area contributed by atoms with Crippen molar-refractivity contribution in [3.05, 3.63) is 83.9 Å². The summed E-state index contributed by atoms with van der Waals surface area (Å²) in [7, 11) is 4.67. The van der Waals surface area contributed by atoms with Gasteiger partial charge in [-0.3, -0.25) is 9.69 Å². The standard InChI is InChI=1S/C26H24N2O4S/c1-30-21-15-19(16-22(31-2)25(21)32-3)13-14-24(29)28(17-18-9-5-4-6-10-18)26-27-20-11-7-8-12-23(20)33-26/h4-16H,17H2,1-3H3/b14-13+. The van der Waals surface area contributed by atoms with E-state index in [4.69, 9.17) is 19.2 Å². The van der Waals surface area contributed by atoms with Crippen molar-refractivity contribution in [1.82, 2.24) is 4.98 Å². The fourth-order valence-electron chi connectivity index (χ4n) is 3.44. The lowest BCUT2D eigenvalue weighted by Crippen LogP contribution is -2.28. The number of aromatic nitrogens is 1. The van der Waals surface area contributed by atoms with Gasteiger partial charge >= 0.3 is 0 Å². The summed E-state index contributed by atoms with van der Waals surface area (Å²) < 4.78 is 17.2. The number of anilines is 1. The summed E-state index contributed by atoms with van der Waals surface area (Å²) in [5.41, 5.74) is 2.64. The van der Waals surface area contributed by atoms with Gasteiger partial charge in [0.2, 0.25) is 5.75 Å². The summed E-state index contributed by atoms with van der Waals surface area (Å²) in [5, 5.41) is 0.652. The summed E-state index contributed by atoms with van der Waals surface area (Å²) in [6.45, 7) is 0.416. The van der Waals surface area contributed by atoms with Gasteiger partial charge in [0.25, 0.3) is 5.91 Å². The molecule has 0 radical (unpaired) electrons. The molecule has 7 heteroatoms. The molecule has 0 saturated heterocycles. The van der Waals surface area contributed by atoms with Gasteiger partial charge in [-0.2, -0.15) is 0 Å². The zero-order valence-corrected chi connectivity index (χ0v) is 19.5. The van der Waals surface area contributed by atoms with Crippen molar-refractivity contribution in [3.8, 4) is 17.2 Å². The lowest BCUT2D eigenvalue weighted by atomic mass is 10.1. The van der Waals surface area contributed by atoms with Crippen LogP contribution in [0, 0.1) is 0 Å². The number of thiazole rings is 1. The van der Waals surface area contributed by atoms with Crippen LogP contribution in [0.25, 0.3) is 16.3 Å². The van der Waals surface area contributed by atoms with Crippen LogP contribution < -0.4 is 19.1 Å². The molecular weight excluding hydrogens is 436 g/mol. The molecule has 0 fully saturated rings. The molecular formula is C26H24N2O4S. The number of fused-ring (bicyclic) bond motifs is 1. The second-order valence-corrected chi connectivity index (χ2v) is 8.18. The zero-order chi connectivity index (χ0) is 23.2. The molecule has 0 aliphatic heterocycles. The topological polar surface area (TPSA) is 60.9 Å². The first kappa shape index (κ1) is 22.4. The summed E-state index contributed by atoms with van der Waals surface area (Å²) in [5.74, 6) is 1.38. The molecule has 0 unspecified atom stereocenters. The molecule has 4 aromatic rings. The maximum Gasteiger partial charge on any atom is 0.253 e. The van der Waals surface area contributed by atoms with Gasteiger partial charge in [0.05, 0.1) is 38.1 Å². The van der Waals surface area contributed by atoms with Crippen LogP contribution in [0.4, 0.5) is 5.13 Å². The van der Waals surface area contributed by atoms with Crippen LogP contribution in [0.3, 0.4) is 0 Å². The van der Waals surface area contributed by atoms with Crippen LogP contribution in [-0.4, -0.2) is 32.2 Å². The molecule has 1 amide bonds. The number of benzene rings is 3. The molecule has 1 aromatic heterocycles. The van der Waals surface area contributed by atoms with Gasteiger partial charge < -0.3 is 14.2 Å². The number of methoxy groups -OCH3 is 3. The summed E-state index contributed by atoms with van der Waals surface area (Å²) in [6.07, 6.45) is 3.27. The molecule has 0 aliphatic rings. The van der Waals surface area contributed by atoms with Gasteiger partial charge in [-0.15, -0.1) is 0 Å². The third kappa shape index (κ3) is 4.99. The number of rotatable bonds is 8. The first-order valence-electron chi connectivity index (χ1n) is 10.3. The molecule has 33 heavy (non-hydrogen) atoms. The minimum absolute atomic E-state index is 0.174. The lowest BCUT2D eigenvalue weighted by molar-refractivity contribution is -0.114. The highest BCUT2D eigenvalue weighted by atomic mass is 32.1. The summed E-state index contributed by atoms with van der Waals surface area (Å²) >= 11 is 1.50. The maximum absolute atomic E-state index is 13.3. The van der Waals surface area contributed by atoms with Crippen molar-refractivity contribution in [2.24, 2.45) is 0 Å². The Morgan fingerprint density at radius 2 is 1.61 bits per heavy atom. The molecule has 0 aliphatic carbocycles. The van der Waals surface area contributed by atoms with Crippen molar-refractivity contribution in [2.75, 3.05) is 26.2 Å². The SMILES string of the molecule is COc1cc(/C=C/C(=O)N(Cc2ccccc2)c2nc3ccccc3s2)cc(OC)c1OC. The van der Waals surface area contributed by atoms with Crippen molar-refractivity contribution in [3.63, 3.8) is 0 Å². The smallest absolute Gasteiger partial charge is 0.253 e. The highest BCUT2D eigenvalue weighted by molar-refractivity contribution is 7.22.